The van der Waals surface area contributed by atoms with Crippen LogP contribution in [-0.4, -0.2) is 38.6 Å². The van der Waals surface area contributed by atoms with Crippen LogP contribution in [0.4, 0.5) is 0 Å². The van der Waals surface area contributed by atoms with E-state index in [1.54, 1.807) is 0 Å². The maximum absolute atomic E-state index is 11.7. The van der Waals surface area contributed by atoms with Gasteiger partial charge in [0.2, 0.25) is 0 Å². The highest BCUT2D eigenvalue weighted by molar-refractivity contribution is 5.92. The summed E-state index contributed by atoms with van der Waals surface area (Å²) < 4.78 is 0. The Kier molecular flexibility index (Phi) is 3.79. The zero-order valence-corrected chi connectivity index (χ0v) is 8.95. The number of hydrogen-bond donors (Lipinski definition) is 3. The summed E-state index contributed by atoms with van der Waals surface area (Å²) in [5.41, 5.74) is -0.328. The second kappa shape index (κ2) is 4.88. The molecule has 0 bridgehead atoms. The lowest BCUT2D eigenvalue weighted by Gasteiger charge is -2.30. The topological polar surface area (TPSA) is 90.9 Å². The van der Waals surface area contributed by atoms with Crippen LogP contribution >= 0.6 is 0 Å². The largest absolute Gasteiger partial charge is 0.394 e. The molecular formula is C9H16N4O2. The molecule has 0 saturated carbocycles. The number of aliphatic hydroxyl groups excluding tert-OH is 1. The quantitative estimate of drug-likeness (QED) is 0.645. The van der Waals surface area contributed by atoms with Gasteiger partial charge in [0.05, 0.1) is 18.3 Å². The molecule has 0 fully saturated rings. The van der Waals surface area contributed by atoms with Gasteiger partial charge in [0.25, 0.3) is 5.91 Å². The zero-order valence-electron chi connectivity index (χ0n) is 8.95. The number of carbonyl (C=O) groups excluding carboxylic acids is 1. The van der Waals surface area contributed by atoms with Crippen molar-refractivity contribution in [3.8, 4) is 0 Å². The first-order chi connectivity index (χ1) is 7.17. The van der Waals surface area contributed by atoms with Crippen LogP contribution in [0.25, 0.3) is 0 Å². The Morgan fingerprint density at radius 2 is 2.27 bits per heavy atom. The number of carbonyl (C=O) groups is 1. The lowest BCUT2D eigenvalue weighted by molar-refractivity contribution is 0.0813. The van der Waals surface area contributed by atoms with Gasteiger partial charge in [-0.1, -0.05) is 13.8 Å². The monoisotopic (exact) mass is 212 g/mol. The minimum Gasteiger partial charge on any atom is -0.394 e. The number of rotatable bonds is 5. The van der Waals surface area contributed by atoms with Crippen LogP contribution in [0.1, 0.15) is 37.2 Å². The van der Waals surface area contributed by atoms with Gasteiger partial charge in [-0.05, 0) is 12.8 Å². The average molecular weight is 212 g/mol. The Balaban J connectivity index is 2.71. The van der Waals surface area contributed by atoms with E-state index < -0.39 is 5.54 Å². The second-order valence-corrected chi connectivity index (χ2v) is 3.45. The van der Waals surface area contributed by atoms with Crippen molar-refractivity contribution in [3.63, 3.8) is 0 Å². The zero-order chi connectivity index (χ0) is 11.3. The van der Waals surface area contributed by atoms with Gasteiger partial charge in [-0.25, -0.2) is 0 Å². The number of aliphatic hydroxyl groups is 1. The van der Waals surface area contributed by atoms with Crippen molar-refractivity contribution in [2.24, 2.45) is 0 Å². The molecule has 1 rings (SSSR count). The summed E-state index contributed by atoms with van der Waals surface area (Å²) in [5, 5.41) is 21.6. The SMILES string of the molecule is CCC(CC)(CO)NC(=O)c1cn[nH]n1. The predicted octanol–water partition coefficient (Wildman–Crippen LogP) is 0.0856. The molecule has 0 spiro atoms. The fourth-order valence-electron chi connectivity index (χ4n) is 1.31. The molecule has 6 heteroatoms. The molecule has 0 unspecified atom stereocenters. The van der Waals surface area contributed by atoms with Crippen LogP contribution in [0.5, 0.6) is 0 Å². The van der Waals surface area contributed by atoms with Gasteiger partial charge < -0.3 is 10.4 Å². The Hall–Kier alpha value is -1.43. The van der Waals surface area contributed by atoms with Gasteiger partial charge in [-0.15, -0.1) is 0 Å². The highest BCUT2D eigenvalue weighted by Crippen LogP contribution is 2.14. The Morgan fingerprint density at radius 1 is 1.60 bits per heavy atom. The van der Waals surface area contributed by atoms with E-state index in [-0.39, 0.29) is 18.2 Å². The molecule has 6 nitrogen and oxygen atoms in total. The van der Waals surface area contributed by atoms with Gasteiger partial charge in [0.15, 0.2) is 5.69 Å². The van der Waals surface area contributed by atoms with Gasteiger partial charge in [-0.3, -0.25) is 4.79 Å². The maximum Gasteiger partial charge on any atom is 0.273 e. The standard InChI is InChI=1S/C9H16N4O2/c1-3-9(4-2,6-14)11-8(15)7-5-10-13-12-7/h5,14H,3-4,6H2,1-2H3,(H,11,15)(H,10,12,13). The molecule has 84 valence electrons. The third kappa shape index (κ3) is 2.53. The molecule has 1 amide bonds. The highest BCUT2D eigenvalue weighted by atomic mass is 16.3. The van der Waals surface area contributed by atoms with Crippen molar-refractivity contribution in [3.05, 3.63) is 11.9 Å². The van der Waals surface area contributed by atoms with Gasteiger partial charge in [-0.2, -0.15) is 15.4 Å². The minimum atomic E-state index is -0.559. The van der Waals surface area contributed by atoms with Crippen molar-refractivity contribution in [1.82, 2.24) is 20.7 Å². The molecule has 0 atom stereocenters. The van der Waals surface area contributed by atoms with Crippen LogP contribution < -0.4 is 5.32 Å². The average Bonchev–Trinajstić information content (AvgIpc) is 2.79. The first-order valence-electron chi connectivity index (χ1n) is 4.96. The molecule has 1 heterocycles. The Labute approximate surface area is 88.1 Å². The summed E-state index contributed by atoms with van der Waals surface area (Å²) in [6.07, 6.45) is 2.69. The summed E-state index contributed by atoms with van der Waals surface area (Å²) in [7, 11) is 0. The van der Waals surface area contributed by atoms with Crippen LogP contribution in [-0.2, 0) is 0 Å². The lowest BCUT2D eigenvalue weighted by atomic mass is 9.94. The van der Waals surface area contributed by atoms with Crippen molar-refractivity contribution in [2.75, 3.05) is 6.61 Å². The number of aromatic amines is 1. The molecule has 0 aliphatic carbocycles. The molecule has 15 heavy (non-hydrogen) atoms. The Bertz CT molecular complexity index is 298. The van der Waals surface area contributed by atoms with Crippen LogP contribution in [0.3, 0.4) is 0 Å². The third-order valence-electron chi connectivity index (χ3n) is 2.68. The van der Waals surface area contributed by atoms with Crippen molar-refractivity contribution < 1.29 is 9.90 Å². The van der Waals surface area contributed by atoms with Gasteiger partial charge in [0.1, 0.15) is 0 Å². The lowest BCUT2D eigenvalue weighted by Crippen LogP contribution is -2.50. The van der Waals surface area contributed by atoms with E-state index in [1.165, 1.54) is 6.20 Å². The number of H-pyrrole nitrogens is 1. The number of hydrogen-bond acceptors (Lipinski definition) is 4. The number of nitrogens with zero attached hydrogens (tertiary/aromatic N) is 2. The number of aromatic nitrogens is 3. The summed E-state index contributed by atoms with van der Waals surface area (Å²) in [6, 6.07) is 0. The molecule has 0 aliphatic rings. The van der Waals surface area contributed by atoms with Crippen LogP contribution in [0, 0.1) is 0 Å². The van der Waals surface area contributed by atoms with Crippen molar-refractivity contribution >= 4 is 5.91 Å². The van der Waals surface area contributed by atoms with E-state index in [0.717, 1.165) is 0 Å². The van der Waals surface area contributed by atoms with Crippen molar-refractivity contribution in [1.29, 1.82) is 0 Å². The molecule has 0 saturated heterocycles. The van der Waals surface area contributed by atoms with Gasteiger partial charge >= 0.3 is 0 Å². The summed E-state index contributed by atoms with van der Waals surface area (Å²) >= 11 is 0. The second-order valence-electron chi connectivity index (χ2n) is 3.45. The molecule has 3 N–H and O–H groups in total. The van der Waals surface area contributed by atoms with Crippen molar-refractivity contribution in [2.45, 2.75) is 32.2 Å². The van der Waals surface area contributed by atoms with Gasteiger partial charge in [0, 0.05) is 0 Å². The normalized spacial score (nSPS) is 11.4. The third-order valence-corrected chi connectivity index (χ3v) is 2.68. The van der Waals surface area contributed by atoms with Crippen LogP contribution in [0.15, 0.2) is 6.20 Å². The molecule has 0 aromatic carbocycles. The summed E-state index contributed by atoms with van der Waals surface area (Å²) in [6.45, 7) is 3.76. The molecule has 0 radical (unpaired) electrons. The van der Waals surface area contributed by atoms with E-state index in [4.69, 9.17) is 0 Å². The van der Waals surface area contributed by atoms with E-state index >= 15 is 0 Å². The molecule has 0 aliphatic heterocycles. The van der Waals surface area contributed by atoms with E-state index in [0.29, 0.717) is 12.8 Å². The first kappa shape index (κ1) is 11.6. The highest BCUT2D eigenvalue weighted by Gasteiger charge is 2.28. The van der Waals surface area contributed by atoms with E-state index in [9.17, 15) is 9.90 Å². The van der Waals surface area contributed by atoms with Crippen LogP contribution in [0.2, 0.25) is 0 Å². The summed E-state index contributed by atoms with van der Waals surface area (Å²) in [5.74, 6) is -0.318. The van der Waals surface area contributed by atoms with E-state index in [2.05, 4.69) is 20.7 Å². The Morgan fingerprint density at radius 3 is 2.67 bits per heavy atom. The fraction of sp³-hybridized carbons (Fsp3) is 0.667. The predicted molar refractivity (Wildman–Crippen MR) is 54.2 cm³/mol. The molecule has 1 aromatic rings. The summed E-state index contributed by atoms with van der Waals surface area (Å²) in [4.78, 5) is 11.7. The minimum absolute atomic E-state index is 0.0798. The van der Waals surface area contributed by atoms with E-state index in [1.807, 2.05) is 13.8 Å². The first-order valence-corrected chi connectivity index (χ1v) is 4.96. The molecular weight excluding hydrogens is 196 g/mol. The molecule has 1 aromatic heterocycles. The number of amides is 1. The smallest absolute Gasteiger partial charge is 0.273 e. The fourth-order valence-corrected chi connectivity index (χ4v) is 1.31. The number of nitrogens with one attached hydrogen (secondary N) is 2. The maximum atomic E-state index is 11.7.